The Morgan fingerprint density at radius 1 is 1.29 bits per heavy atom. The average molecular weight is 240 g/mol. The zero-order valence-electron chi connectivity index (χ0n) is 12.5. The third-order valence-corrected chi connectivity index (χ3v) is 4.31. The third kappa shape index (κ3) is 4.59. The van der Waals surface area contributed by atoms with E-state index in [1.807, 2.05) is 0 Å². The molecule has 102 valence electrons. The molecular weight excluding hydrogens is 208 g/mol. The maximum atomic E-state index is 3.68. The van der Waals surface area contributed by atoms with Crippen LogP contribution < -0.4 is 5.32 Å². The summed E-state index contributed by atoms with van der Waals surface area (Å²) in [5.74, 6) is 1.94. The van der Waals surface area contributed by atoms with Gasteiger partial charge in [-0.05, 0) is 44.7 Å². The largest absolute Gasteiger partial charge is 0.313 e. The van der Waals surface area contributed by atoms with Crippen LogP contribution in [0.4, 0.5) is 0 Å². The molecule has 0 aromatic rings. The molecule has 1 aliphatic carbocycles. The Hall–Kier alpha value is -0.0800. The van der Waals surface area contributed by atoms with Crippen molar-refractivity contribution in [3.05, 3.63) is 0 Å². The first kappa shape index (κ1) is 15.0. The van der Waals surface area contributed by atoms with E-state index in [4.69, 9.17) is 0 Å². The van der Waals surface area contributed by atoms with Gasteiger partial charge >= 0.3 is 0 Å². The summed E-state index contributed by atoms with van der Waals surface area (Å²) < 4.78 is 0. The first-order chi connectivity index (χ1) is 8.13. The maximum absolute atomic E-state index is 3.68. The Balaban J connectivity index is 2.46. The summed E-state index contributed by atoms with van der Waals surface area (Å²) in [7, 11) is 2.32. The quantitative estimate of drug-likeness (QED) is 0.666. The number of rotatable bonds is 9. The van der Waals surface area contributed by atoms with Gasteiger partial charge in [0.2, 0.25) is 0 Å². The summed E-state index contributed by atoms with van der Waals surface area (Å²) in [4.78, 5) is 2.61. The lowest BCUT2D eigenvalue weighted by Gasteiger charge is -2.34. The summed E-state index contributed by atoms with van der Waals surface area (Å²) >= 11 is 0. The van der Waals surface area contributed by atoms with Crippen LogP contribution in [0.15, 0.2) is 0 Å². The van der Waals surface area contributed by atoms with Crippen molar-refractivity contribution >= 4 is 0 Å². The monoisotopic (exact) mass is 240 g/mol. The van der Waals surface area contributed by atoms with E-state index in [0.717, 1.165) is 18.4 Å². The summed E-state index contributed by atoms with van der Waals surface area (Å²) in [5, 5.41) is 3.68. The van der Waals surface area contributed by atoms with Crippen molar-refractivity contribution in [1.29, 1.82) is 0 Å². The van der Waals surface area contributed by atoms with Gasteiger partial charge in [0.25, 0.3) is 0 Å². The van der Waals surface area contributed by atoms with Crippen molar-refractivity contribution in [3.63, 3.8) is 0 Å². The maximum Gasteiger partial charge on any atom is 0.0243 e. The molecular formula is C15H32N2. The standard InChI is InChI=1S/C15H32N2/c1-6-9-14(16-8-3)15(7-2)17(5)11-13-10-12(13)4/h12-16H,6-11H2,1-5H3. The molecule has 0 amide bonds. The van der Waals surface area contributed by atoms with Crippen molar-refractivity contribution in [2.75, 3.05) is 20.1 Å². The van der Waals surface area contributed by atoms with Crippen LogP contribution >= 0.6 is 0 Å². The first-order valence-corrected chi connectivity index (χ1v) is 7.57. The molecule has 17 heavy (non-hydrogen) atoms. The second-order valence-corrected chi connectivity index (χ2v) is 5.84. The molecule has 0 bridgehead atoms. The summed E-state index contributed by atoms with van der Waals surface area (Å²) in [6, 6.07) is 1.39. The van der Waals surface area contributed by atoms with Crippen LogP contribution in [0.25, 0.3) is 0 Å². The van der Waals surface area contributed by atoms with E-state index in [2.05, 4.69) is 45.0 Å². The van der Waals surface area contributed by atoms with Crippen LogP contribution in [0, 0.1) is 11.8 Å². The molecule has 0 saturated heterocycles. The third-order valence-electron chi connectivity index (χ3n) is 4.31. The molecule has 2 heteroatoms. The van der Waals surface area contributed by atoms with E-state index in [-0.39, 0.29) is 0 Å². The Labute approximate surface area is 108 Å². The number of nitrogens with zero attached hydrogens (tertiary/aromatic N) is 1. The average Bonchev–Trinajstić information content (AvgIpc) is 2.95. The predicted octanol–water partition coefficient (Wildman–Crippen LogP) is 3.13. The van der Waals surface area contributed by atoms with E-state index in [1.165, 1.54) is 32.2 Å². The molecule has 0 radical (unpaired) electrons. The number of hydrogen-bond donors (Lipinski definition) is 1. The highest BCUT2D eigenvalue weighted by atomic mass is 15.2. The zero-order chi connectivity index (χ0) is 12.8. The van der Waals surface area contributed by atoms with E-state index < -0.39 is 0 Å². The summed E-state index contributed by atoms with van der Waals surface area (Å²) in [6.07, 6.45) is 5.29. The molecule has 4 atom stereocenters. The number of nitrogens with one attached hydrogen (secondary N) is 1. The molecule has 1 saturated carbocycles. The topological polar surface area (TPSA) is 15.3 Å². The van der Waals surface area contributed by atoms with Crippen molar-refractivity contribution in [3.8, 4) is 0 Å². The normalized spacial score (nSPS) is 27.2. The molecule has 2 nitrogen and oxygen atoms in total. The lowest BCUT2D eigenvalue weighted by molar-refractivity contribution is 0.172. The fourth-order valence-corrected chi connectivity index (χ4v) is 3.07. The van der Waals surface area contributed by atoms with Crippen LogP contribution in [0.3, 0.4) is 0 Å². The first-order valence-electron chi connectivity index (χ1n) is 7.57. The van der Waals surface area contributed by atoms with E-state index in [9.17, 15) is 0 Å². The molecule has 1 fully saturated rings. The van der Waals surface area contributed by atoms with Gasteiger partial charge in [0, 0.05) is 18.6 Å². The Kier molecular flexibility index (Phi) is 6.50. The molecule has 1 N–H and O–H groups in total. The van der Waals surface area contributed by atoms with Crippen LogP contribution in [0.5, 0.6) is 0 Å². The molecule has 0 heterocycles. The van der Waals surface area contributed by atoms with E-state index >= 15 is 0 Å². The zero-order valence-corrected chi connectivity index (χ0v) is 12.5. The van der Waals surface area contributed by atoms with Crippen LogP contribution in [-0.2, 0) is 0 Å². The van der Waals surface area contributed by atoms with E-state index in [0.29, 0.717) is 12.1 Å². The highest BCUT2D eigenvalue weighted by Gasteiger charge is 2.35. The molecule has 4 unspecified atom stereocenters. The second-order valence-electron chi connectivity index (χ2n) is 5.84. The summed E-state index contributed by atoms with van der Waals surface area (Å²) in [5.41, 5.74) is 0. The molecule has 0 aromatic carbocycles. The van der Waals surface area contributed by atoms with Gasteiger partial charge in [0.15, 0.2) is 0 Å². The minimum Gasteiger partial charge on any atom is -0.313 e. The SMILES string of the molecule is CCCC(NCC)C(CC)N(C)CC1CC1C. The Morgan fingerprint density at radius 3 is 2.35 bits per heavy atom. The van der Waals surface area contributed by atoms with Gasteiger partial charge in [-0.15, -0.1) is 0 Å². The Bertz CT molecular complexity index is 199. The van der Waals surface area contributed by atoms with Crippen molar-refractivity contribution in [1.82, 2.24) is 10.2 Å². The smallest absolute Gasteiger partial charge is 0.0243 e. The second kappa shape index (κ2) is 7.38. The number of hydrogen-bond acceptors (Lipinski definition) is 2. The van der Waals surface area contributed by atoms with Gasteiger partial charge in [-0.25, -0.2) is 0 Å². The number of likely N-dealkylation sites (N-methyl/N-ethyl adjacent to an activating group) is 2. The van der Waals surface area contributed by atoms with Gasteiger partial charge in [0.05, 0.1) is 0 Å². The van der Waals surface area contributed by atoms with Crippen LogP contribution in [0.1, 0.15) is 53.4 Å². The fraction of sp³-hybridized carbons (Fsp3) is 1.00. The lowest BCUT2D eigenvalue weighted by atomic mass is 9.99. The molecule has 0 spiro atoms. The minimum absolute atomic E-state index is 0.675. The molecule has 0 aromatic heterocycles. The summed E-state index contributed by atoms with van der Waals surface area (Å²) in [6.45, 7) is 11.6. The fourth-order valence-electron chi connectivity index (χ4n) is 3.07. The predicted molar refractivity (Wildman–Crippen MR) is 76.4 cm³/mol. The van der Waals surface area contributed by atoms with Crippen LogP contribution in [-0.4, -0.2) is 37.1 Å². The van der Waals surface area contributed by atoms with Crippen molar-refractivity contribution in [2.24, 2.45) is 11.8 Å². The van der Waals surface area contributed by atoms with Gasteiger partial charge in [-0.3, -0.25) is 0 Å². The molecule has 1 rings (SSSR count). The highest BCUT2D eigenvalue weighted by molar-refractivity contribution is 4.89. The molecule has 1 aliphatic rings. The van der Waals surface area contributed by atoms with Gasteiger partial charge in [-0.2, -0.15) is 0 Å². The van der Waals surface area contributed by atoms with E-state index in [1.54, 1.807) is 0 Å². The van der Waals surface area contributed by atoms with Crippen molar-refractivity contribution < 1.29 is 0 Å². The minimum atomic E-state index is 0.675. The lowest BCUT2D eigenvalue weighted by Crippen LogP contribution is -2.49. The molecule has 0 aliphatic heterocycles. The van der Waals surface area contributed by atoms with Gasteiger partial charge in [-0.1, -0.05) is 34.1 Å². The van der Waals surface area contributed by atoms with Gasteiger partial charge in [0.1, 0.15) is 0 Å². The van der Waals surface area contributed by atoms with Gasteiger partial charge < -0.3 is 10.2 Å². The van der Waals surface area contributed by atoms with Crippen LogP contribution in [0.2, 0.25) is 0 Å². The Morgan fingerprint density at radius 2 is 1.94 bits per heavy atom. The highest BCUT2D eigenvalue weighted by Crippen LogP contribution is 2.38. The van der Waals surface area contributed by atoms with Crippen molar-refractivity contribution in [2.45, 2.75) is 65.5 Å².